The summed E-state index contributed by atoms with van der Waals surface area (Å²) in [5.41, 5.74) is 1.71. The van der Waals surface area contributed by atoms with Crippen LogP contribution in [0.4, 0.5) is 10.1 Å². The molecule has 4 nitrogen and oxygen atoms in total. The fourth-order valence-corrected chi connectivity index (χ4v) is 1.92. The maximum absolute atomic E-state index is 13.2. The topological polar surface area (TPSA) is 54.3 Å². The van der Waals surface area contributed by atoms with Crippen molar-refractivity contribution in [3.63, 3.8) is 0 Å². The molecule has 0 heterocycles. The van der Waals surface area contributed by atoms with E-state index in [0.717, 1.165) is 11.3 Å². The Morgan fingerprint density at radius 3 is 2.52 bits per heavy atom. The van der Waals surface area contributed by atoms with Crippen molar-refractivity contribution in [1.82, 2.24) is 0 Å². The lowest BCUT2D eigenvalue weighted by atomic mass is 10.1. The van der Waals surface area contributed by atoms with Gasteiger partial charge in [0.05, 0.1) is 19.8 Å². The average Bonchev–Trinajstić information content (AvgIpc) is 2.53. The van der Waals surface area contributed by atoms with Crippen LogP contribution in [0.3, 0.4) is 0 Å². The van der Waals surface area contributed by atoms with Crippen molar-refractivity contribution in [2.24, 2.45) is 0 Å². The summed E-state index contributed by atoms with van der Waals surface area (Å²) in [6, 6.07) is 11.8. The molecule has 0 aliphatic rings. The first-order chi connectivity index (χ1) is 10.2. The van der Waals surface area contributed by atoms with Crippen LogP contribution in [0.25, 0.3) is 0 Å². The van der Waals surface area contributed by atoms with Crippen molar-refractivity contribution in [2.45, 2.75) is 6.54 Å². The van der Waals surface area contributed by atoms with Crippen molar-refractivity contribution in [3.8, 4) is 17.6 Å². The van der Waals surface area contributed by atoms with Crippen LogP contribution < -0.4 is 14.8 Å². The SMILES string of the molecule is COc1ccc(NCc2ccc(F)c(C#N)c2)cc1OC. The molecule has 0 saturated heterocycles. The molecule has 0 saturated carbocycles. The van der Waals surface area contributed by atoms with Crippen LogP contribution in [0.15, 0.2) is 36.4 Å². The normalized spacial score (nSPS) is 9.81. The molecular formula is C16H15FN2O2. The minimum atomic E-state index is -0.507. The van der Waals surface area contributed by atoms with Crippen LogP contribution in [0.5, 0.6) is 11.5 Å². The molecule has 2 rings (SSSR count). The number of nitrogens with zero attached hydrogens (tertiary/aromatic N) is 1. The molecule has 2 aromatic carbocycles. The van der Waals surface area contributed by atoms with Crippen molar-refractivity contribution in [1.29, 1.82) is 5.26 Å². The number of ether oxygens (including phenoxy) is 2. The van der Waals surface area contributed by atoms with Gasteiger partial charge in [0, 0.05) is 18.3 Å². The summed E-state index contributed by atoms with van der Waals surface area (Å²) in [4.78, 5) is 0. The van der Waals surface area contributed by atoms with E-state index < -0.39 is 5.82 Å². The highest BCUT2D eigenvalue weighted by Crippen LogP contribution is 2.29. The Labute approximate surface area is 122 Å². The Kier molecular flexibility index (Phi) is 4.62. The molecule has 0 aliphatic carbocycles. The fraction of sp³-hybridized carbons (Fsp3) is 0.188. The van der Waals surface area contributed by atoms with E-state index in [-0.39, 0.29) is 5.56 Å². The monoisotopic (exact) mass is 286 g/mol. The van der Waals surface area contributed by atoms with Gasteiger partial charge >= 0.3 is 0 Å². The van der Waals surface area contributed by atoms with Crippen LogP contribution in [0.1, 0.15) is 11.1 Å². The third kappa shape index (κ3) is 3.42. The van der Waals surface area contributed by atoms with Crippen LogP contribution in [-0.4, -0.2) is 14.2 Å². The second-order valence-corrected chi connectivity index (χ2v) is 4.35. The lowest BCUT2D eigenvalue weighted by Gasteiger charge is -2.11. The van der Waals surface area contributed by atoms with E-state index in [1.807, 2.05) is 18.2 Å². The summed E-state index contributed by atoms with van der Waals surface area (Å²) >= 11 is 0. The molecule has 0 radical (unpaired) electrons. The fourth-order valence-electron chi connectivity index (χ4n) is 1.92. The number of anilines is 1. The van der Waals surface area contributed by atoms with Gasteiger partial charge in [-0.2, -0.15) is 5.26 Å². The molecule has 0 fully saturated rings. The molecule has 108 valence electrons. The van der Waals surface area contributed by atoms with Gasteiger partial charge in [-0.05, 0) is 29.8 Å². The maximum atomic E-state index is 13.2. The highest BCUT2D eigenvalue weighted by Gasteiger charge is 2.05. The van der Waals surface area contributed by atoms with Gasteiger partial charge in [-0.1, -0.05) is 6.07 Å². The van der Waals surface area contributed by atoms with Crippen molar-refractivity contribution >= 4 is 5.69 Å². The van der Waals surface area contributed by atoms with E-state index in [1.165, 1.54) is 12.1 Å². The zero-order chi connectivity index (χ0) is 15.2. The van der Waals surface area contributed by atoms with E-state index >= 15 is 0 Å². The summed E-state index contributed by atoms with van der Waals surface area (Å²) in [6.07, 6.45) is 0. The van der Waals surface area contributed by atoms with E-state index in [1.54, 1.807) is 26.4 Å². The van der Waals surface area contributed by atoms with Gasteiger partial charge in [-0.3, -0.25) is 0 Å². The van der Waals surface area contributed by atoms with Gasteiger partial charge in [-0.15, -0.1) is 0 Å². The largest absolute Gasteiger partial charge is 0.493 e. The van der Waals surface area contributed by atoms with E-state index in [4.69, 9.17) is 14.7 Å². The molecule has 0 aromatic heterocycles. The van der Waals surface area contributed by atoms with E-state index in [9.17, 15) is 4.39 Å². The summed E-state index contributed by atoms with van der Waals surface area (Å²) in [6.45, 7) is 0.477. The molecule has 2 aromatic rings. The van der Waals surface area contributed by atoms with Gasteiger partial charge in [0.15, 0.2) is 11.5 Å². The van der Waals surface area contributed by atoms with Crippen LogP contribution >= 0.6 is 0 Å². The van der Waals surface area contributed by atoms with E-state index in [2.05, 4.69) is 5.32 Å². The van der Waals surface area contributed by atoms with Gasteiger partial charge in [0.1, 0.15) is 11.9 Å². The average molecular weight is 286 g/mol. The third-order valence-electron chi connectivity index (χ3n) is 3.03. The molecule has 0 aliphatic heterocycles. The molecule has 0 bridgehead atoms. The second kappa shape index (κ2) is 6.62. The smallest absolute Gasteiger partial charge is 0.162 e. The van der Waals surface area contributed by atoms with Crippen LogP contribution in [-0.2, 0) is 6.54 Å². The number of halogens is 1. The minimum Gasteiger partial charge on any atom is -0.493 e. The predicted molar refractivity (Wildman–Crippen MR) is 78.0 cm³/mol. The first kappa shape index (κ1) is 14.7. The number of rotatable bonds is 5. The summed E-state index contributed by atoms with van der Waals surface area (Å²) in [7, 11) is 3.15. The molecule has 1 N–H and O–H groups in total. The Hall–Kier alpha value is -2.74. The van der Waals surface area contributed by atoms with Crippen LogP contribution in [0, 0.1) is 17.1 Å². The number of hydrogen-bond acceptors (Lipinski definition) is 4. The van der Waals surface area contributed by atoms with Gasteiger partial charge in [0.25, 0.3) is 0 Å². The highest BCUT2D eigenvalue weighted by atomic mass is 19.1. The molecule has 21 heavy (non-hydrogen) atoms. The Morgan fingerprint density at radius 1 is 1.10 bits per heavy atom. The van der Waals surface area contributed by atoms with Crippen molar-refractivity contribution in [2.75, 3.05) is 19.5 Å². The number of methoxy groups -OCH3 is 2. The van der Waals surface area contributed by atoms with Gasteiger partial charge in [0.2, 0.25) is 0 Å². The quantitative estimate of drug-likeness (QED) is 0.916. The summed E-state index contributed by atoms with van der Waals surface area (Å²) in [5.74, 6) is 0.767. The Balaban J connectivity index is 2.11. The lowest BCUT2D eigenvalue weighted by Crippen LogP contribution is -2.01. The molecule has 0 spiro atoms. The number of benzene rings is 2. The lowest BCUT2D eigenvalue weighted by molar-refractivity contribution is 0.355. The Bertz CT molecular complexity index is 680. The van der Waals surface area contributed by atoms with Gasteiger partial charge < -0.3 is 14.8 Å². The zero-order valence-corrected chi connectivity index (χ0v) is 11.8. The molecule has 0 unspecified atom stereocenters. The molecular weight excluding hydrogens is 271 g/mol. The second-order valence-electron chi connectivity index (χ2n) is 4.35. The molecule has 0 amide bonds. The predicted octanol–water partition coefficient (Wildman–Crippen LogP) is 3.33. The zero-order valence-electron chi connectivity index (χ0n) is 11.8. The summed E-state index contributed by atoms with van der Waals surface area (Å²) in [5, 5.41) is 12.0. The highest BCUT2D eigenvalue weighted by molar-refractivity contribution is 5.55. The van der Waals surface area contributed by atoms with Crippen molar-refractivity contribution in [3.05, 3.63) is 53.3 Å². The number of nitriles is 1. The molecule has 5 heteroatoms. The molecule has 0 atom stereocenters. The maximum Gasteiger partial charge on any atom is 0.162 e. The number of nitrogens with one attached hydrogen (secondary N) is 1. The standard InChI is InChI=1S/C16H15FN2O2/c1-20-15-6-4-13(8-16(15)21-2)19-10-11-3-5-14(17)12(7-11)9-18/h3-8,19H,10H2,1-2H3. The van der Waals surface area contributed by atoms with Crippen LogP contribution in [0.2, 0.25) is 0 Å². The van der Waals surface area contributed by atoms with Crippen molar-refractivity contribution < 1.29 is 13.9 Å². The first-order valence-electron chi connectivity index (χ1n) is 6.32. The third-order valence-corrected chi connectivity index (χ3v) is 3.03. The Morgan fingerprint density at radius 2 is 1.86 bits per heavy atom. The number of hydrogen-bond donors (Lipinski definition) is 1. The van der Waals surface area contributed by atoms with E-state index in [0.29, 0.717) is 18.0 Å². The first-order valence-corrected chi connectivity index (χ1v) is 6.32. The summed E-state index contributed by atoms with van der Waals surface area (Å²) < 4.78 is 23.6. The minimum absolute atomic E-state index is 0.0432. The van der Waals surface area contributed by atoms with Gasteiger partial charge in [-0.25, -0.2) is 4.39 Å².